The largest absolute Gasteiger partial charge is 0.368 e. The Hall–Kier alpha value is -1.16. The predicted octanol–water partition coefficient (Wildman–Crippen LogP) is 1.24. The molecule has 0 saturated heterocycles. The first kappa shape index (κ1) is 10.9. The molecule has 0 saturated carbocycles. The average molecular weight is 194 g/mol. The maximum atomic E-state index is 5.87. The molecule has 0 aromatic carbocycles. The molecule has 78 valence electrons. The van der Waals surface area contributed by atoms with Gasteiger partial charge in [0.15, 0.2) is 0 Å². The quantitative estimate of drug-likeness (QED) is 0.760. The van der Waals surface area contributed by atoms with Crippen LogP contribution in [-0.2, 0) is 0 Å². The Balaban J connectivity index is 2.73. The molecule has 0 aliphatic heterocycles. The molecule has 0 bridgehead atoms. The van der Waals surface area contributed by atoms with E-state index in [2.05, 4.69) is 15.3 Å². The summed E-state index contributed by atoms with van der Waals surface area (Å²) >= 11 is 0. The molecule has 0 spiro atoms. The minimum Gasteiger partial charge on any atom is -0.368 e. The zero-order valence-electron chi connectivity index (χ0n) is 9.26. The number of nitrogens with two attached hydrogens (primary N) is 1. The molecular formula is C10H18N4. The highest BCUT2D eigenvalue weighted by atomic mass is 15.0. The van der Waals surface area contributed by atoms with Gasteiger partial charge >= 0.3 is 0 Å². The monoisotopic (exact) mass is 194 g/mol. The highest BCUT2D eigenvalue weighted by Gasteiger charge is 2.11. The highest BCUT2D eigenvalue weighted by molar-refractivity contribution is 5.44. The number of nitrogens with zero attached hydrogens (tertiary/aromatic N) is 2. The van der Waals surface area contributed by atoms with E-state index in [4.69, 9.17) is 5.73 Å². The summed E-state index contributed by atoms with van der Waals surface area (Å²) in [5.74, 6) is 0.871. The van der Waals surface area contributed by atoms with E-state index in [1.165, 1.54) is 0 Å². The van der Waals surface area contributed by atoms with Gasteiger partial charge in [0.25, 0.3) is 0 Å². The van der Waals surface area contributed by atoms with Gasteiger partial charge in [0, 0.05) is 23.3 Å². The van der Waals surface area contributed by atoms with E-state index in [9.17, 15) is 0 Å². The summed E-state index contributed by atoms with van der Waals surface area (Å²) in [6.45, 7) is 8.62. The second-order valence-corrected chi connectivity index (χ2v) is 4.27. The van der Waals surface area contributed by atoms with Gasteiger partial charge in [0.05, 0.1) is 0 Å². The average Bonchev–Trinajstić information content (AvgIpc) is 2.06. The predicted molar refractivity (Wildman–Crippen MR) is 58.3 cm³/mol. The zero-order valence-corrected chi connectivity index (χ0v) is 9.26. The molecule has 0 aliphatic rings. The SMILES string of the molecule is Cc1ncnc(NCC(C)(C)N)c1C. The lowest BCUT2D eigenvalue weighted by molar-refractivity contribution is 0.548. The Morgan fingerprint density at radius 2 is 2.00 bits per heavy atom. The van der Waals surface area contributed by atoms with Crippen LogP contribution in [0.3, 0.4) is 0 Å². The van der Waals surface area contributed by atoms with Crippen LogP contribution in [0, 0.1) is 13.8 Å². The zero-order chi connectivity index (χ0) is 10.8. The van der Waals surface area contributed by atoms with Crippen molar-refractivity contribution in [1.29, 1.82) is 0 Å². The van der Waals surface area contributed by atoms with Crippen molar-refractivity contribution in [3.8, 4) is 0 Å². The van der Waals surface area contributed by atoms with Gasteiger partial charge in [0.1, 0.15) is 12.1 Å². The number of rotatable bonds is 3. The molecule has 1 heterocycles. The fourth-order valence-electron chi connectivity index (χ4n) is 1.03. The van der Waals surface area contributed by atoms with Crippen molar-refractivity contribution in [3.63, 3.8) is 0 Å². The second kappa shape index (κ2) is 3.92. The molecule has 0 unspecified atom stereocenters. The van der Waals surface area contributed by atoms with Gasteiger partial charge in [-0.15, -0.1) is 0 Å². The van der Waals surface area contributed by atoms with Crippen molar-refractivity contribution in [2.45, 2.75) is 33.2 Å². The van der Waals surface area contributed by atoms with E-state index in [1.54, 1.807) is 6.33 Å². The van der Waals surface area contributed by atoms with Gasteiger partial charge in [0.2, 0.25) is 0 Å². The Morgan fingerprint density at radius 3 is 2.57 bits per heavy atom. The molecule has 0 aliphatic carbocycles. The summed E-state index contributed by atoms with van der Waals surface area (Å²) in [5.41, 5.74) is 7.71. The van der Waals surface area contributed by atoms with Crippen LogP contribution in [0.1, 0.15) is 25.1 Å². The molecule has 1 aromatic rings. The topological polar surface area (TPSA) is 63.8 Å². The molecule has 0 fully saturated rings. The number of hydrogen-bond donors (Lipinski definition) is 2. The van der Waals surface area contributed by atoms with E-state index in [0.29, 0.717) is 6.54 Å². The van der Waals surface area contributed by atoms with Crippen molar-refractivity contribution >= 4 is 5.82 Å². The Kier molecular flexibility index (Phi) is 3.06. The van der Waals surface area contributed by atoms with Crippen LogP contribution in [0.5, 0.6) is 0 Å². The molecule has 0 radical (unpaired) electrons. The van der Waals surface area contributed by atoms with E-state index in [-0.39, 0.29) is 5.54 Å². The van der Waals surface area contributed by atoms with Crippen LogP contribution in [0.15, 0.2) is 6.33 Å². The molecule has 14 heavy (non-hydrogen) atoms. The van der Waals surface area contributed by atoms with E-state index < -0.39 is 0 Å². The second-order valence-electron chi connectivity index (χ2n) is 4.27. The van der Waals surface area contributed by atoms with Gasteiger partial charge in [-0.3, -0.25) is 0 Å². The fourth-order valence-corrected chi connectivity index (χ4v) is 1.03. The van der Waals surface area contributed by atoms with Crippen molar-refractivity contribution < 1.29 is 0 Å². The van der Waals surface area contributed by atoms with Crippen molar-refractivity contribution in [1.82, 2.24) is 9.97 Å². The first-order valence-corrected chi connectivity index (χ1v) is 4.71. The highest BCUT2D eigenvalue weighted by Crippen LogP contribution is 2.13. The lowest BCUT2D eigenvalue weighted by Crippen LogP contribution is -2.39. The number of hydrogen-bond acceptors (Lipinski definition) is 4. The van der Waals surface area contributed by atoms with Gasteiger partial charge in [-0.25, -0.2) is 9.97 Å². The molecule has 4 nitrogen and oxygen atoms in total. The van der Waals surface area contributed by atoms with E-state index in [0.717, 1.165) is 17.1 Å². The van der Waals surface area contributed by atoms with Crippen LogP contribution in [0.4, 0.5) is 5.82 Å². The van der Waals surface area contributed by atoms with Crippen molar-refractivity contribution in [2.24, 2.45) is 5.73 Å². The minimum atomic E-state index is -0.231. The Morgan fingerprint density at radius 1 is 1.36 bits per heavy atom. The lowest BCUT2D eigenvalue weighted by atomic mass is 10.1. The number of anilines is 1. The van der Waals surface area contributed by atoms with Crippen LogP contribution in [-0.4, -0.2) is 22.1 Å². The molecule has 4 heteroatoms. The molecular weight excluding hydrogens is 176 g/mol. The molecule has 1 aromatic heterocycles. The third-order valence-corrected chi connectivity index (χ3v) is 2.05. The summed E-state index contributed by atoms with van der Waals surface area (Å²) in [7, 11) is 0. The first-order chi connectivity index (χ1) is 6.40. The first-order valence-electron chi connectivity index (χ1n) is 4.71. The summed E-state index contributed by atoms with van der Waals surface area (Å²) in [4.78, 5) is 8.27. The smallest absolute Gasteiger partial charge is 0.132 e. The van der Waals surface area contributed by atoms with Gasteiger partial charge in [-0.1, -0.05) is 0 Å². The third kappa shape index (κ3) is 2.96. The van der Waals surface area contributed by atoms with Crippen LogP contribution in [0.25, 0.3) is 0 Å². The Labute approximate surface area is 85.0 Å². The van der Waals surface area contributed by atoms with Gasteiger partial charge in [-0.05, 0) is 27.7 Å². The molecule has 1 rings (SSSR count). The number of aromatic nitrogens is 2. The number of nitrogens with one attached hydrogen (secondary N) is 1. The summed E-state index contributed by atoms with van der Waals surface area (Å²) in [6.07, 6.45) is 1.56. The van der Waals surface area contributed by atoms with Crippen molar-refractivity contribution in [2.75, 3.05) is 11.9 Å². The summed E-state index contributed by atoms with van der Waals surface area (Å²) in [6, 6.07) is 0. The van der Waals surface area contributed by atoms with E-state index >= 15 is 0 Å². The standard InChI is InChI=1S/C10H18N4/c1-7-8(2)13-6-14-9(7)12-5-10(3,4)11/h6H,5,11H2,1-4H3,(H,12,13,14). The van der Waals surface area contributed by atoms with Crippen LogP contribution < -0.4 is 11.1 Å². The summed E-state index contributed by atoms with van der Waals surface area (Å²) in [5, 5.41) is 3.22. The van der Waals surface area contributed by atoms with Crippen LogP contribution >= 0.6 is 0 Å². The molecule has 0 amide bonds. The van der Waals surface area contributed by atoms with Gasteiger partial charge < -0.3 is 11.1 Å². The number of aryl methyl sites for hydroxylation is 1. The maximum Gasteiger partial charge on any atom is 0.132 e. The third-order valence-electron chi connectivity index (χ3n) is 2.05. The molecule has 0 atom stereocenters. The summed E-state index contributed by atoms with van der Waals surface area (Å²) < 4.78 is 0. The Bertz CT molecular complexity index is 314. The lowest BCUT2D eigenvalue weighted by Gasteiger charge is -2.20. The van der Waals surface area contributed by atoms with E-state index in [1.807, 2.05) is 27.7 Å². The molecule has 3 N–H and O–H groups in total. The van der Waals surface area contributed by atoms with Crippen molar-refractivity contribution in [3.05, 3.63) is 17.6 Å². The van der Waals surface area contributed by atoms with Crippen LogP contribution in [0.2, 0.25) is 0 Å². The fraction of sp³-hybridized carbons (Fsp3) is 0.600. The maximum absolute atomic E-state index is 5.87. The normalized spacial score (nSPS) is 11.5. The minimum absolute atomic E-state index is 0.231. The van der Waals surface area contributed by atoms with Gasteiger partial charge in [-0.2, -0.15) is 0 Å².